The Morgan fingerprint density at radius 3 is 2.88 bits per heavy atom. The summed E-state index contributed by atoms with van der Waals surface area (Å²) in [4.78, 5) is 12.0. The lowest BCUT2D eigenvalue weighted by atomic mass is 10.1. The summed E-state index contributed by atoms with van der Waals surface area (Å²) in [6.45, 7) is 5.00. The molecular formula is C17H19N3O4. The van der Waals surface area contributed by atoms with Gasteiger partial charge in [0.2, 0.25) is 0 Å². The zero-order valence-electron chi connectivity index (χ0n) is 13.9. The molecule has 0 bridgehead atoms. The Bertz CT molecular complexity index is 866. The number of benzene rings is 1. The first-order valence-electron chi connectivity index (χ1n) is 7.71. The Morgan fingerprint density at radius 1 is 1.25 bits per heavy atom. The Hall–Kier alpha value is -2.67. The molecule has 0 unspecified atom stereocenters. The quantitative estimate of drug-likeness (QED) is 0.699. The number of carbonyl (C=O) groups excluding carboxylic acids is 1. The van der Waals surface area contributed by atoms with Crippen LogP contribution in [-0.2, 0) is 4.74 Å². The molecule has 0 spiro atoms. The third-order valence-electron chi connectivity index (χ3n) is 3.72. The molecule has 3 rings (SSSR count). The Labute approximate surface area is 139 Å². The summed E-state index contributed by atoms with van der Waals surface area (Å²) in [7, 11) is 1.61. The summed E-state index contributed by atoms with van der Waals surface area (Å²) >= 11 is 0. The second-order valence-electron chi connectivity index (χ2n) is 5.57. The van der Waals surface area contributed by atoms with Crippen molar-refractivity contribution >= 4 is 16.9 Å². The maximum absolute atomic E-state index is 12.0. The number of methoxy groups -OCH3 is 1. The van der Waals surface area contributed by atoms with E-state index in [1.807, 2.05) is 32.0 Å². The number of ether oxygens (including phenoxy) is 1. The van der Waals surface area contributed by atoms with Crippen molar-refractivity contribution in [2.75, 3.05) is 20.3 Å². The van der Waals surface area contributed by atoms with Crippen molar-refractivity contribution in [1.29, 1.82) is 0 Å². The summed E-state index contributed by atoms with van der Waals surface area (Å²) in [5, 5.41) is 11.4. The van der Waals surface area contributed by atoms with Gasteiger partial charge in [0.05, 0.1) is 0 Å². The van der Waals surface area contributed by atoms with Crippen LogP contribution in [-0.4, -0.2) is 36.4 Å². The van der Waals surface area contributed by atoms with E-state index in [9.17, 15) is 4.79 Å². The van der Waals surface area contributed by atoms with E-state index >= 15 is 0 Å². The van der Waals surface area contributed by atoms with Gasteiger partial charge in [0.25, 0.3) is 5.89 Å². The van der Waals surface area contributed by atoms with Crippen LogP contribution in [0.3, 0.4) is 0 Å². The van der Waals surface area contributed by atoms with Crippen LogP contribution >= 0.6 is 0 Å². The minimum atomic E-state index is -0.408. The summed E-state index contributed by atoms with van der Waals surface area (Å²) in [5.74, 6) is 0.192. The lowest BCUT2D eigenvalue weighted by Crippen LogP contribution is -2.25. The topological polar surface area (TPSA) is 90.4 Å². The van der Waals surface area contributed by atoms with Crippen LogP contribution in [0.25, 0.3) is 22.6 Å². The molecule has 7 nitrogen and oxygen atoms in total. The van der Waals surface area contributed by atoms with Crippen LogP contribution in [0.4, 0.5) is 0 Å². The summed E-state index contributed by atoms with van der Waals surface area (Å²) in [5.41, 5.74) is 2.79. The zero-order chi connectivity index (χ0) is 17.1. The fourth-order valence-electron chi connectivity index (χ4n) is 2.44. The van der Waals surface area contributed by atoms with Gasteiger partial charge in [-0.15, -0.1) is 10.2 Å². The van der Waals surface area contributed by atoms with Crippen molar-refractivity contribution in [1.82, 2.24) is 15.5 Å². The molecule has 0 aliphatic heterocycles. The number of hydrogen-bond acceptors (Lipinski definition) is 6. The molecule has 1 amide bonds. The van der Waals surface area contributed by atoms with E-state index in [2.05, 4.69) is 15.5 Å². The third-order valence-corrected chi connectivity index (χ3v) is 3.72. The highest BCUT2D eigenvalue weighted by molar-refractivity contribution is 5.90. The fourth-order valence-corrected chi connectivity index (χ4v) is 2.44. The lowest BCUT2D eigenvalue weighted by molar-refractivity contribution is 0.0914. The molecule has 0 aliphatic rings. The maximum Gasteiger partial charge on any atom is 0.308 e. The maximum atomic E-state index is 12.0. The van der Waals surface area contributed by atoms with Crippen LogP contribution < -0.4 is 5.32 Å². The van der Waals surface area contributed by atoms with Crippen molar-refractivity contribution in [3.05, 3.63) is 35.2 Å². The van der Waals surface area contributed by atoms with E-state index in [0.717, 1.165) is 22.1 Å². The molecule has 0 saturated carbocycles. The zero-order valence-corrected chi connectivity index (χ0v) is 13.9. The molecule has 1 aromatic carbocycles. The molecule has 0 radical (unpaired) electrons. The summed E-state index contributed by atoms with van der Waals surface area (Å²) in [6, 6.07) is 5.92. The average molecular weight is 329 g/mol. The van der Waals surface area contributed by atoms with Crippen molar-refractivity contribution in [2.45, 2.75) is 20.3 Å². The van der Waals surface area contributed by atoms with Crippen molar-refractivity contribution in [3.8, 4) is 11.7 Å². The SMILES string of the molecule is COCCCNC(=O)c1nnc(-c2oc3ccc(C)cc3c2C)o1. The second kappa shape index (κ2) is 6.84. The monoisotopic (exact) mass is 329 g/mol. The van der Waals surface area contributed by atoms with Gasteiger partial charge in [-0.2, -0.15) is 0 Å². The van der Waals surface area contributed by atoms with Crippen molar-refractivity contribution < 1.29 is 18.4 Å². The molecule has 1 N–H and O–H groups in total. The number of amides is 1. The summed E-state index contributed by atoms with van der Waals surface area (Å²) in [6.07, 6.45) is 0.714. The van der Waals surface area contributed by atoms with Crippen LogP contribution in [0.15, 0.2) is 27.0 Å². The van der Waals surface area contributed by atoms with Gasteiger partial charge in [0, 0.05) is 31.2 Å². The molecule has 126 valence electrons. The van der Waals surface area contributed by atoms with E-state index in [1.54, 1.807) is 7.11 Å². The second-order valence-corrected chi connectivity index (χ2v) is 5.57. The van der Waals surface area contributed by atoms with Crippen molar-refractivity contribution in [2.24, 2.45) is 0 Å². The van der Waals surface area contributed by atoms with Crippen molar-refractivity contribution in [3.63, 3.8) is 0 Å². The number of nitrogens with zero attached hydrogens (tertiary/aromatic N) is 2. The molecule has 0 saturated heterocycles. The average Bonchev–Trinajstić information content (AvgIpc) is 3.17. The minimum absolute atomic E-state index is 0.0848. The van der Waals surface area contributed by atoms with E-state index in [-0.39, 0.29) is 11.8 Å². The predicted octanol–water partition coefficient (Wildman–Crippen LogP) is 2.87. The van der Waals surface area contributed by atoms with Gasteiger partial charge in [0.1, 0.15) is 5.58 Å². The Kier molecular flexibility index (Phi) is 4.61. The van der Waals surface area contributed by atoms with E-state index in [4.69, 9.17) is 13.6 Å². The Morgan fingerprint density at radius 2 is 2.08 bits per heavy atom. The number of hydrogen-bond donors (Lipinski definition) is 1. The molecular weight excluding hydrogens is 310 g/mol. The molecule has 2 heterocycles. The number of furan rings is 1. The van der Waals surface area contributed by atoms with Gasteiger partial charge in [-0.05, 0) is 32.4 Å². The predicted molar refractivity (Wildman–Crippen MR) is 87.8 cm³/mol. The molecule has 7 heteroatoms. The van der Waals surface area contributed by atoms with Crippen LogP contribution in [0, 0.1) is 13.8 Å². The van der Waals surface area contributed by atoms with Crippen LogP contribution in [0.1, 0.15) is 28.2 Å². The van der Waals surface area contributed by atoms with Gasteiger partial charge in [-0.1, -0.05) is 11.6 Å². The standard InChI is InChI=1S/C17H19N3O4/c1-10-5-6-13-12(9-10)11(2)14(23-13)16-19-20-17(24-16)15(21)18-7-4-8-22-3/h5-6,9H,4,7-8H2,1-3H3,(H,18,21). The Balaban J connectivity index is 1.80. The summed E-state index contributed by atoms with van der Waals surface area (Å²) < 4.78 is 16.2. The van der Waals surface area contributed by atoms with Gasteiger partial charge in [-0.3, -0.25) is 4.79 Å². The number of rotatable bonds is 6. The fraction of sp³-hybridized carbons (Fsp3) is 0.353. The first kappa shape index (κ1) is 16.2. The molecule has 24 heavy (non-hydrogen) atoms. The first-order chi connectivity index (χ1) is 11.6. The number of carbonyl (C=O) groups is 1. The number of aryl methyl sites for hydroxylation is 2. The lowest BCUT2D eigenvalue weighted by Gasteiger charge is -2.00. The van der Waals surface area contributed by atoms with Crippen LogP contribution in [0.2, 0.25) is 0 Å². The minimum Gasteiger partial charge on any atom is -0.451 e. The van der Waals surface area contributed by atoms with Crippen LogP contribution in [0.5, 0.6) is 0 Å². The van der Waals surface area contributed by atoms with E-state index < -0.39 is 5.91 Å². The van der Waals surface area contributed by atoms with Gasteiger partial charge >= 0.3 is 11.8 Å². The molecule has 2 aromatic heterocycles. The van der Waals surface area contributed by atoms with Gasteiger partial charge in [-0.25, -0.2) is 0 Å². The molecule has 0 atom stereocenters. The number of fused-ring (bicyclic) bond motifs is 1. The highest BCUT2D eigenvalue weighted by Crippen LogP contribution is 2.32. The van der Waals surface area contributed by atoms with E-state index in [0.29, 0.717) is 25.3 Å². The van der Waals surface area contributed by atoms with Gasteiger partial charge < -0.3 is 18.9 Å². The highest BCUT2D eigenvalue weighted by Gasteiger charge is 2.21. The molecule has 0 aliphatic carbocycles. The number of aromatic nitrogens is 2. The first-order valence-corrected chi connectivity index (χ1v) is 7.71. The van der Waals surface area contributed by atoms with Gasteiger partial charge in [0.15, 0.2) is 5.76 Å². The smallest absolute Gasteiger partial charge is 0.308 e. The molecule has 0 fully saturated rings. The highest BCUT2D eigenvalue weighted by atomic mass is 16.5. The van der Waals surface area contributed by atoms with E-state index in [1.165, 1.54) is 0 Å². The molecule has 3 aromatic rings. The number of nitrogens with one attached hydrogen (secondary N) is 1. The largest absolute Gasteiger partial charge is 0.451 e. The third kappa shape index (κ3) is 3.16. The normalized spacial score (nSPS) is 11.1.